The summed E-state index contributed by atoms with van der Waals surface area (Å²) in [4.78, 5) is 31.7. The van der Waals surface area contributed by atoms with Crippen LogP contribution in [0.2, 0.25) is 0 Å². The molecule has 2 rings (SSSR count). The number of carboxylic acids is 1. The quantitative estimate of drug-likeness (QED) is 0.469. The van der Waals surface area contributed by atoms with Gasteiger partial charge in [0.15, 0.2) is 5.78 Å². The third-order valence-corrected chi connectivity index (χ3v) is 5.84. The van der Waals surface area contributed by atoms with Gasteiger partial charge in [-0.15, -0.1) is 0 Å². The van der Waals surface area contributed by atoms with E-state index in [0.717, 1.165) is 10.6 Å². The number of aliphatic carboxylic acids is 1. The van der Waals surface area contributed by atoms with Gasteiger partial charge in [0.25, 0.3) is 0 Å². The van der Waals surface area contributed by atoms with Crippen LogP contribution in [-0.4, -0.2) is 59.8 Å². The normalized spacial score (nSPS) is 12.6. The Kier molecular flexibility index (Phi) is 8.77. The van der Waals surface area contributed by atoms with E-state index >= 15 is 0 Å². The number of aliphatic hydroxyl groups is 1. The van der Waals surface area contributed by atoms with Gasteiger partial charge in [-0.1, -0.05) is 13.3 Å². The number of anilines is 1. The summed E-state index contributed by atoms with van der Waals surface area (Å²) >= 11 is 0. The fourth-order valence-corrected chi connectivity index (χ4v) is 3.35. The van der Waals surface area contributed by atoms with E-state index in [9.17, 15) is 27.5 Å². The number of benzene rings is 1. The minimum Gasteiger partial charge on any atom is -0.481 e. The van der Waals surface area contributed by atoms with Crippen LogP contribution < -0.4 is 4.31 Å². The first-order chi connectivity index (χ1) is 15.4. The lowest BCUT2D eigenvalue weighted by atomic mass is 10.0. The fraction of sp³-hybridized carbons (Fsp3) is 0.364. The number of carbonyl (C=O) groups is 2. The van der Waals surface area contributed by atoms with E-state index < -0.39 is 40.1 Å². The van der Waals surface area contributed by atoms with Gasteiger partial charge < -0.3 is 10.2 Å². The lowest BCUT2D eigenvalue weighted by Gasteiger charge is -2.19. The third-order valence-electron chi connectivity index (χ3n) is 4.68. The number of carbonyl (C=O) groups excluding carboxylic acids is 1. The Morgan fingerprint density at radius 2 is 1.82 bits per heavy atom. The number of aromatic nitrogens is 2. The van der Waals surface area contributed by atoms with Crippen LogP contribution in [0.4, 0.5) is 10.3 Å². The third kappa shape index (κ3) is 7.43. The molecule has 33 heavy (non-hydrogen) atoms. The van der Waals surface area contributed by atoms with Gasteiger partial charge in [-0.25, -0.2) is 27.1 Å². The van der Waals surface area contributed by atoms with Crippen molar-refractivity contribution in [3.8, 4) is 11.3 Å². The SMILES string of the molecule is CCCc1nc(N(C)S(C)(=O)=O)nc(-c2ccc(F)cc2)c1/C=C/C(=O)C[C@@H](O)CC(=O)O. The number of sulfonamides is 1. The van der Waals surface area contributed by atoms with Crippen LogP contribution in [0.3, 0.4) is 0 Å². The molecule has 1 heterocycles. The van der Waals surface area contributed by atoms with E-state index in [1.807, 2.05) is 6.92 Å². The van der Waals surface area contributed by atoms with E-state index in [0.29, 0.717) is 35.4 Å². The molecule has 0 amide bonds. The van der Waals surface area contributed by atoms with Crippen LogP contribution in [0, 0.1) is 5.82 Å². The summed E-state index contributed by atoms with van der Waals surface area (Å²) in [5.74, 6) is -2.26. The number of aryl methyl sites for hydroxylation is 1. The monoisotopic (exact) mass is 479 g/mol. The summed E-state index contributed by atoms with van der Waals surface area (Å²) in [5, 5.41) is 18.4. The molecule has 1 aromatic carbocycles. The topological polar surface area (TPSA) is 138 Å². The van der Waals surface area contributed by atoms with Gasteiger partial charge in [0, 0.05) is 24.6 Å². The number of hydrogen-bond acceptors (Lipinski definition) is 7. The highest BCUT2D eigenvalue weighted by atomic mass is 32.2. The Morgan fingerprint density at radius 3 is 2.36 bits per heavy atom. The van der Waals surface area contributed by atoms with Gasteiger partial charge in [-0.3, -0.25) is 9.59 Å². The lowest BCUT2D eigenvalue weighted by Crippen LogP contribution is -2.27. The molecule has 2 aromatic rings. The summed E-state index contributed by atoms with van der Waals surface area (Å²) in [6, 6.07) is 5.43. The van der Waals surface area contributed by atoms with Gasteiger partial charge in [0.05, 0.1) is 30.2 Å². The standard InChI is InChI=1S/C22H26FN3O6S/c1-4-5-19-18(11-10-16(27)12-17(28)13-20(29)30)21(14-6-8-15(23)9-7-14)25-22(24-19)26(2)33(3,31)32/h6-11,17,28H,4-5,12-13H2,1-3H3,(H,29,30)/b11-10+/t17-/m1/s1. The van der Waals surface area contributed by atoms with Gasteiger partial charge in [0.2, 0.25) is 16.0 Å². The summed E-state index contributed by atoms with van der Waals surface area (Å²) < 4.78 is 38.5. The Morgan fingerprint density at radius 1 is 1.18 bits per heavy atom. The number of halogens is 1. The molecule has 0 radical (unpaired) electrons. The molecule has 0 fully saturated rings. The zero-order valence-corrected chi connectivity index (χ0v) is 19.3. The Bertz CT molecular complexity index is 1150. The van der Waals surface area contributed by atoms with Crippen molar-refractivity contribution in [3.63, 3.8) is 0 Å². The number of ketones is 1. The van der Waals surface area contributed by atoms with Crippen molar-refractivity contribution < 1.29 is 32.6 Å². The first-order valence-corrected chi connectivity index (χ1v) is 12.0. The second-order valence-electron chi connectivity index (χ2n) is 7.48. The molecule has 0 spiro atoms. The molecule has 2 N–H and O–H groups in total. The van der Waals surface area contributed by atoms with E-state index in [-0.39, 0.29) is 12.4 Å². The average molecular weight is 480 g/mol. The molecule has 0 aliphatic carbocycles. The zero-order chi connectivity index (χ0) is 24.8. The number of hydrogen-bond donors (Lipinski definition) is 2. The molecule has 9 nitrogen and oxygen atoms in total. The molecule has 1 aromatic heterocycles. The molecule has 0 bridgehead atoms. The number of carboxylic acid groups (broad SMARTS) is 1. The maximum atomic E-state index is 13.5. The van der Waals surface area contributed by atoms with Crippen LogP contribution in [-0.2, 0) is 26.0 Å². The molecule has 178 valence electrons. The Labute approximate surface area is 191 Å². The van der Waals surface area contributed by atoms with Crippen LogP contribution in [0.5, 0.6) is 0 Å². The highest BCUT2D eigenvalue weighted by molar-refractivity contribution is 7.92. The highest BCUT2D eigenvalue weighted by Crippen LogP contribution is 2.29. The molecule has 0 saturated carbocycles. The largest absolute Gasteiger partial charge is 0.481 e. The minimum absolute atomic E-state index is 0.0689. The van der Waals surface area contributed by atoms with Crippen LogP contribution in [0.25, 0.3) is 17.3 Å². The second kappa shape index (κ2) is 11.1. The van der Waals surface area contributed by atoms with Crippen molar-refractivity contribution >= 4 is 33.8 Å². The summed E-state index contributed by atoms with van der Waals surface area (Å²) in [6.07, 6.45) is 2.49. The predicted molar refractivity (Wildman–Crippen MR) is 122 cm³/mol. The average Bonchev–Trinajstić information content (AvgIpc) is 2.71. The molecular formula is C22H26FN3O6S. The van der Waals surface area contributed by atoms with Crippen molar-refractivity contribution in [1.29, 1.82) is 0 Å². The Hall–Kier alpha value is -3.18. The number of nitrogens with zero attached hydrogens (tertiary/aromatic N) is 3. The molecule has 0 saturated heterocycles. The summed E-state index contributed by atoms with van der Waals surface area (Å²) in [6.45, 7) is 1.90. The molecule has 1 atom stereocenters. The second-order valence-corrected chi connectivity index (χ2v) is 9.49. The number of aliphatic hydroxyl groups excluding tert-OH is 1. The number of rotatable bonds is 11. The van der Waals surface area contributed by atoms with E-state index in [2.05, 4.69) is 9.97 Å². The van der Waals surface area contributed by atoms with Crippen LogP contribution in [0.1, 0.15) is 37.4 Å². The number of allylic oxidation sites excluding steroid dienone is 1. The minimum atomic E-state index is -3.65. The molecule has 0 unspecified atom stereocenters. The van der Waals surface area contributed by atoms with Crippen molar-refractivity contribution in [2.45, 2.75) is 38.7 Å². The first kappa shape index (κ1) is 26.1. The molecule has 0 aliphatic rings. The van der Waals surface area contributed by atoms with Crippen molar-refractivity contribution in [2.75, 3.05) is 17.6 Å². The van der Waals surface area contributed by atoms with Gasteiger partial charge >= 0.3 is 5.97 Å². The van der Waals surface area contributed by atoms with Crippen molar-refractivity contribution in [2.24, 2.45) is 0 Å². The maximum absolute atomic E-state index is 13.5. The van der Waals surface area contributed by atoms with Crippen LogP contribution >= 0.6 is 0 Å². The molecular weight excluding hydrogens is 453 g/mol. The Balaban J connectivity index is 2.59. The van der Waals surface area contributed by atoms with Gasteiger partial charge in [0.1, 0.15) is 5.82 Å². The van der Waals surface area contributed by atoms with Crippen molar-refractivity contribution in [3.05, 3.63) is 47.4 Å². The van der Waals surface area contributed by atoms with E-state index in [1.165, 1.54) is 43.5 Å². The fourth-order valence-electron chi connectivity index (χ4n) is 2.97. The lowest BCUT2D eigenvalue weighted by molar-refractivity contribution is -0.139. The smallest absolute Gasteiger partial charge is 0.305 e. The summed E-state index contributed by atoms with van der Waals surface area (Å²) in [5.41, 5.74) is 1.70. The van der Waals surface area contributed by atoms with E-state index in [1.54, 1.807) is 0 Å². The molecule has 0 aliphatic heterocycles. The predicted octanol–water partition coefficient (Wildman–Crippen LogP) is 2.44. The maximum Gasteiger partial charge on any atom is 0.305 e. The van der Waals surface area contributed by atoms with Crippen molar-refractivity contribution in [1.82, 2.24) is 9.97 Å². The zero-order valence-electron chi connectivity index (χ0n) is 18.5. The van der Waals surface area contributed by atoms with Crippen LogP contribution in [0.15, 0.2) is 30.3 Å². The van der Waals surface area contributed by atoms with E-state index in [4.69, 9.17) is 5.11 Å². The van der Waals surface area contributed by atoms with Gasteiger partial charge in [-0.05, 0) is 42.8 Å². The first-order valence-electron chi connectivity index (χ1n) is 10.1. The highest BCUT2D eigenvalue weighted by Gasteiger charge is 2.21. The molecule has 11 heteroatoms. The summed E-state index contributed by atoms with van der Waals surface area (Å²) in [7, 11) is -2.34. The van der Waals surface area contributed by atoms with Gasteiger partial charge in [-0.2, -0.15) is 0 Å².